The Balaban J connectivity index is 1.86. The highest BCUT2D eigenvalue weighted by molar-refractivity contribution is 5.83. The molecule has 0 radical (unpaired) electrons. The summed E-state index contributed by atoms with van der Waals surface area (Å²) in [7, 11) is 0. The summed E-state index contributed by atoms with van der Waals surface area (Å²) in [6.45, 7) is 7.67. The number of nitriles is 1. The smallest absolute Gasteiger partial charge is 0.226 e. The minimum Gasteiger partial charge on any atom is -0.372 e. The van der Waals surface area contributed by atoms with Gasteiger partial charge in [0.25, 0.3) is 0 Å². The van der Waals surface area contributed by atoms with Gasteiger partial charge >= 0.3 is 0 Å². The molecule has 1 aliphatic heterocycles. The molecule has 1 fully saturated rings. The third-order valence-electron chi connectivity index (χ3n) is 5.35. The van der Waals surface area contributed by atoms with Crippen LogP contribution in [0.5, 0.6) is 0 Å². The quantitative estimate of drug-likeness (QED) is 0.648. The van der Waals surface area contributed by atoms with Crippen molar-refractivity contribution in [2.75, 3.05) is 18.0 Å². The Bertz CT molecular complexity index is 1090. The lowest BCUT2D eigenvalue weighted by atomic mass is 9.98. The fraction of sp³-hybridized carbons (Fsp3) is 0.333. The third-order valence-corrected chi connectivity index (χ3v) is 5.35. The van der Waals surface area contributed by atoms with Crippen molar-refractivity contribution in [2.24, 2.45) is 0 Å². The SMILES string of the molecule is CCC1CN(c2ncc(-c3ccnc(C)c3)c(-c3ccccc3C#N)n2)CC(C)O1. The highest BCUT2D eigenvalue weighted by Crippen LogP contribution is 2.33. The normalized spacial score (nSPS) is 18.8. The second-order valence-electron chi connectivity index (χ2n) is 7.66. The van der Waals surface area contributed by atoms with E-state index in [1.165, 1.54) is 0 Å². The predicted octanol–water partition coefficient (Wildman–Crippen LogP) is 4.39. The topological polar surface area (TPSA) is 74.9 Å². The van der Waals surface area contributed by atoms with Crippen LogP contribution in [0.15, 0.2) is 48.8 Å². The molecular weight excluding hydrogens is 374 g/mol. The van der Waals surface area contributed by atoms with Gasteiger partial charge in [0.1, 0.15) is 0 Å². The van der Waals surface area contributed by atoms with Crippen LogP contribution in [0.25, 0.3) is 22.4 Å². The molecule has 1 aromatic carbocycles. The van der Waals surface area contributed by atoms with E-state index < -0.39 is 0 Å². The van der Waals surface area contributed by atoms with E-state index in [4.69, 9.17) is 14.7 Å². The number of nitrogens with zero attached hydrogens (tertiary/aromatic N) is 5. The summed E-state index contributed by atoms with van der Waals surface area (Å²) in [5.41, 5.74) is 4.95. The molecule has 2 unspecified atom stereocenters. The molecule has 30 heavy (non-hydrogen) atoms. The van der Waals surface area contributed by atoms with Gasteiger partial charge in [-0.3, -0.25) is 4.98 Å². The number of benzene rings is 1. The molecule has 3 aromatic rings. The van der Waals surface area contributed by atoms with Crippen LogP contribution in [0.4, 0.5) is 5.95 Å². The summed E-state index contributed by atoms with van der Waals surface area (Å²) in [5.74, 6) is 0.667. The molecule has 1 saturated heterocycles. The first-order chi connectivity index (χ1) is 14.6. The maximum Gasteiger partial charge on any atom is 0.226 e. The second-order valence-corrected chi connectivity index (χ2v) is 7.66. The third kappa shape index (κ3) is 4.03. The predicted molar refractivity (Wildman–Crippen MR) is 117 cm³/mol. The lowest BCUT2D eigenvalue weighted by Gasteiger charge is -2.36. The molecule has 0 amide bonds. The molecule has 0 spiro atoms. The van der Waals surface area contributed by atoms with Gasteiger partial charge in [0.2, 0.25) is 5.95 Å². The number of ether oxygens (including phenoxy) is 1. The standard InChI is InChI=1S/C24H25N5O/c1-4-20-15-29(14-17(3)30-20)24-27-13-22(18-9-10-26-16(2)11-18)23(28-24)21-8-6-5-7-19(21)12-25/h5-11,13,17,20H,4,14-15H2,1-3H3. The van der Waals surface area contributed by atoms with Gasteiger partial charge in [0.15, 0.2) is 0 Å². The van der Waals surface area contributed by atoms with E-state index in [1.807, 2.05) is 49.5 Å². The van der Waals surface area contributed by atoms with Crippen molar-refractivity contribution in [2.45, 2.75) is 39.4 Å². The summed E-state index contributed by atoms with van der Waals surface area (Å²) in [6.07, 6.45) is 4.87. The number of hydrogen-bond acceptors (Lipinski definition) is 6. The first-order valence-corrected chi connectivity index (χ1v) is 10.3. The second kappa shape index (κ2) is 8.60. The largest absolute Gasteiger partial charge is 0.372 e. The van der Waals surface area contributed by atoms with Crippen molar-refractivity contribution < 1.29 is 4.74 Å². The maximum atomic E-state index is 9.67. The summed E-state index contributed by atoms with van der Waals surface area (Å²) < 4.78 is 6.00. The number of hydrogen-bond donors (Lipinski definition) is 0. The molecule has 2 aromatic heterocycles. The van der Waals surface area contributed by atoms with Crippen LogP contribution in [0.2, 0.25) is 0 Å². The van der Waals surface area contributed by atoms with Crippen LogP contribution in [0.1, 0.15) is 31.5 Å². The van der Waals surface area contributed by atoms with Crippen molar-refractivity contribution in [1.82, 2.24) is 15.0 Å². The molecule has 3 heterocycles. The van der Waals surface area contributed by atoms with Gasteiger partial charge in [0.05, 0.1) is 29.5 Å². The van der Waals surface area contributed by atoms with Crippen LogP contribution in [-0.2, 0) is 4.74 Å². The highest BCUT2D eigenvalue weighted by atomic mass is 16.5. The molecule has 152 valence electrons. The van der Waals surface area contributed by atoms with Crippen LogP contribution in [0, 0.1) is 18.3 Å². The Morgan fingerprint density at radius 2 is 2.00 bits per heavy atom. The number of morpholine rings is 1. The molecule has 6 nitrogen and oxygen atoms in total. The molecule has 4 rings (SSSR count). The Morgan fingerprint density at radius 3 is 2.77 bits per heavy atom. The van der Waals surface area contributed by atoms with Crippen LogP contribution < -0.4 is 4.90 Å². The van der Waals surface area contributed by atoms with E-state index in [0.29, 0.717) is 11.5 Å². The summed E-state index contributed by atoms with van der Waals surface area (Å²) in [6, 6.07) is 13.8. The van der Waals surface area contributed by atoms with Gasteiger partial charge in [-0.05, 0) is 44.0 Å². The van der Waals surface area contributed by atoms with Gasteiger partial charge < -0.3 is 9.64 Å². The lowest BCUT2D eigenvalue weighted by molar-refractivity contribution is -0.0177. The average Bonchev–Trinajstić information content (AvgIpc) is 2.78. The number of pyridine rings is 1. The molecule has 1 aliphatic rings. The summed E-state index contributed by atoms with van der Waals surface area (Å²) in [4.78, 5) is 16.2. The average molecular weight is 399 g/mol. The van der Waals surface area contributed by atoms with Crippen molar-refractivity contribution in [3.05, 3.63) is 60.0 Å². The summed E-state index contributed by atoms with van der Waals surface area (Å²) >= 11 is 0. The minimum absolute atomic E-state index is 0.115. The Hall–Kier alpha value is -3.30. The molecule has 0 saturated carbocycles. The Kier molecular flexibility index (Phi) is 5.73. The van der Waals surface area contributed by atoms with Gasteiger partial charge in [-0.1, -0.05) is 25.1 Å². The van der Waals surface area contributed by atoms with E-state index in [0.717, 1.165) is 47.6 Å². The van der Waals surface area contributed by atoms with Gasteiger partial charge in [0, 0.05) is 42.3 Å². The minimum atomic E-state index is 0.115. The Morgan fingerprint density at radius 1 is 1.17 bits per heavy atom. The van der Waals surface area contributed by atoms with E-state index in [-0.39, 0.29) is 12.2 Å². The zero-order valence-corrected chi connectivity index (χ0v) is 17.5. The molecule has 2 atom stereocenters. The molecule has 0 bridgehead atoms. The zero-order chi connectivity index (χ0) is 21.1. The van der Waals surface area contributed by atoms with Crippen LogP contribution in [-0.4, -0.2) is 40.2 Å². The zero-order valence-electron chi connectivity index (χ0n) is 17.5. The van der Waals surface area contributed by atoms with E-state index in [9.17, 15) is 5.26 Å². The molecular formula is C24H25N5O. The fourth-order valence-corrected chi connectivity index (χ4v) is 3.88. The van der Waals surface area contributed by atoms with Crippen molar-refractivity contribution in [3.63, 3.8) is 0 Å². The first-order valence-electron chi connectivity index (χ1n) is 10.3. The van der Waals surface area contributed by atoms with Gasteiger partial charge in [-0.15, -0.1) is 0 Å². The molecule has 6 heteroatoms. The first kappa shape index (κ1) is 20.0. The maximum absolute atomic E-state index is 9.67. The fourth-order valence-electron chi connectivity index (χ4n) is 3.88. The molecule has 0 N–H and O–H groups in total. The molecule has 0 aliphatic carbocycles. The van der Waals surface area contributed by atoms with E-state index in [1.54, 1.807) is 6.20 Å². The highest BCUT2D eigenvalue weighted by Gasteiger charge is 2.27. The number of aromatic nitrogens is 3. The van der Waals surface area contributed by atoms with E-state index >= 15 is 0 Å². The lowest BCUT2D eigenvalue weighted by Crippen LogP contribution is -2.47. The van der Waals surface area contributed by atoms with E-state index in [2.05, 4.69) is 29.8 Å². The van der Waals surface area contributed by atoms with Crippen LogP contribution in [0.3, 0.4) is 0 Å². The van der Waals surface area contributed by atoms with Gasteiger partial charge in [-0.25, -0.2) is 9.97 Å². The van der Waals surface area contributed by atoms with Crippen LogP contribution >= 0.6 is 0 Å². The van der Waals surface area contributed by atoms with Crippen molar-refractivity contribution in [3.8, 4) is 28.5 Å². The number of anilines is 1. The van der Waals surface area contributed by atoms with Gasteiger partial charge in [-0.2, -0.15) is 5.26 Å². The Labute approximate surface area is 177 Å². The number of rotatable bonds is 4. The van der Waals surface area contributed by atoms with Crippen molar-refractivity contribution >= 4 is 5.95 Å². The summed E-state index contributed by atoms with van der Waals surface area (Å²) in [5, 5.41) is 9.67. The monoisotopic (exact) mass is 399 g/mol. The number of aryl methyl sites for hydroxylation is 1. The van der Waals surface area contributed by atoms with Crippen molar-refractivity contribution in [1.29, 1.82) is 5.26 Å².